The molecular formula is C18H22ClN3O. The maximum atomic E-state index is 12.2. The average Bonchev–Trinajstić information content (AvgIpc) is 2.55. The van der Waals surface area contributed by atoms with E-state index in [2.05, 4.69) is 52.8 Å². The number of anilines is 2. The van der Waals surface area contributed by atoms with Gasteiger partial charge in [-0.15, -0.1) is 12.4 Å². The Kier molecular flexibility index (Phi) is 5.88. The molecule has 0 aliphatic carbocycles. The molecule has 0 bridgehead atoms. The van der Waals surface area contributed by atoms with Gasteiger partial charge in [-0.25, -0.2) is 0 Å². The summed E-state index contributed by atoms with van der Waals surface area (Å²) in [5.41, 5.74) is 4.55. The molecule has 23 heavy (non-hydrogen) atoms. The third-order valence-corrected chi connectivity index (χ3v) is 3.89. The normalized spacial score (nSPS) is 12.7. The van der Waals surface area contributed by atoms with E-state index in [1.54, 1.807) is 0 Å². The Balaban J connectivity index is 0.00000192. The van der Waals surface area contributed by atoms with Gasteiger partial charge in [-0.05, 0) is 24.6 Å². The third kappa shape index (κ3) is 4.39. The SMILES string of the molecule is Cc1ccc(CNC(=O)CN2CCNc3ccccc32)cc1.Cl. The second kappa shape index (κ2) is 7.88. The van der Waals surface area contributed by atoms with Crippen molar-refractivity contribution >= 4 is 29.7 Å². The Bertz CT molecular complexity index is 658. The summed E-state index contributed by atoms with van der Waals surface area (Å²) in [5.74, 6) is 0.0530. The molecule has 0 aromatic heterocycles. The first-order chi connectivity index (χ1) is 10.7. The highest BCUT2D eigenvalue weighted by atomic mass is 35.5. The number of carbonyl (C=O) groups excluding carboxylic acids is 1. The van der Waals surface area contributed by atoms with Crippen LogP contribution in [0.25, 0.3) is 0 Å². The summed E-state index contributed by atoms with van der Waals surface area (Å²) < 4.78 is 0. The number of hydrogen-bond acceptors (Lipinski definition) is 3. The lowest BCUT2D eigenvalue weighted by molar-refractivity contribution is -0.119. The molecule has 0 saturated heterocycles. The molecule has 1 heterocycles. The number of amides is 1. The summed E-state index contributed by atoms with van der Waals surface area (Å²) in [7, 11) is 0. The maximum Gasteiger partial charge on any atom is 0.239 e. The molecule has 122 valence electrons. The first-order valence-corrected chi connectivity index (χ1v) is 7.62. The van der Waals surface area contributed by atoms with Crippen molar-refractivity contribution in [3.63, 3.8) is 0 Å². The number of rotatable bonds is 4. The molecule has 2 aromatic carbocycles. The standard InChI is InChI=1S/C18H21N3O.ClH/c1-14-6-8-15(9-7-14)12-20-18(22)13-21-11-10-19-16-4-2-3-5-17(16)21;/h2-9,19H,10-13H2,1H3,(H,20,22);1H. The fourth-order valence-electron chi connectivity index (χ4n) is 2.64. The number of halogens is 1. The molecule has 4 nitrogen and oxygen atoms in total. The molecule has 2 N–H and O–H groups in total. The van der Waals surface area contributed by atoms with Crippen molar-refractivity contribution in [1.82, 2.24) is 5.32 Å². The van der Waals surface area contributed by atoms with E-state index in [1.807, 2.05) is 18.2 Å². The second-order valence-electron chi connectivity index (χ2n) is 5.63. The van der Waals surface area contributed by atoms with Crippen molar-refractivity contribution in [3.05, 3.63) is 59.7 Å². The minimum absolute atomic E-state index is 0. The minimum Gasteiger partial charge on any atom is -0.382 e. The van der Waals surface area contributed by atoms with Gasteiger partial charge in [0.1, 0.15) is 0 Å². The quantitative estimate of drug-likeness (QED) is 0.905. The molecule has 0 fully saturated rings. The molecule has 3 rings (SSSR count). The number of nitrogens with one attached hydrogen (secondary N) is 2. The van der Waals surface area contributed by atoms with Crippen molar-refractivity contribution in [2.24, 2.45) is 0 Å². The molecule has 1 aliphatic heterocycles. The predicted octanol–water partition coefficient (Wildman–Crippen LogP) is 2.97. The number of hydrogen-bond donors (Lipinski definition) is 2. The number of benzene rings is 2. The predicted molar refractivity (Wildman–Crippen MR) is 97.4 cm³/mol. The van der Waals surface area contributed by atoms with Crippen LogP contribution < -0.4 is 15.5 Å². The average molecular weight is 332 g/mol. The number of nitrogens with zero attached hydrogens (tertiary/aromatic N) is 1. The molecule has 0 spiro atoms. The Labute approximate surface area is 143 Å². The van der Waals surface area contributed by atoms with Crippen LogP contribution in [0.5, 0.6) is 0 Å². The summed E-state index contributed by atoms with van der Waals surface area (Å²) in [4.78, 5) is 14.3. The zero-order valence-corrected chi connectivity index (χ0v) is 14.0. The molecule has 0 atom stereocenters. The van der Waals surface area contributed by atoms with E-state index in [9.17, 15) is 4.79 Å². The van der Waals surface area contributed by atoms with E-state index in [0.717, 1.165) is 30.0 Å². The van der Waals surface area contributed by atoms with Crippen LogP contribution in [0.2, 0.25) is 0 Å². The first-order valence-electron chi connectivity index (χ1n) is 7.62. The Morgan fingerprint density at radius 3 is 2.70 bits per heavy atom. The van der Waals surface area contributed by atoms with Gasteiger partial charge in [-0.2, -0.15) is 0 Å². The maximum absolute atomic E-state index is 12.2. The Morgan fingerprint density at radius 2 is 1.91 bits per heavy atom. The monoisotopic (exact) mass is 331 g/mol. The van der Waals surface area contributed by atoms with Gasteiger partial charge in [0.2, 0.25) is 5.91 Å². The zero-order valence-electron chi connectivity index (χ0n) is 13.2. The number of para-hydroxylation sites is 2. The highest BCUT2D eigenvalue weighted by molar-refractivity contribution is 5.85. The van der Waals surface area contributed by atoms with E-state index >= 15 is 0 Å². The summed E-state index contributed by atoms with van der Waals surface area (Å²) in [6.45, 7) is 4.73. The van der Waals surface area contributed by atoms with Crippen LogP contribution in [0.1, 0.15) is 11.1 Å². The highest BCUT2D eigenvalue weighted by Crippen LogP contribution is 2.27. The van der Waals surface area contributed by atoms with Gasteiger partial charge in [0.15, 0.2) is 0 Å². The fourth-order valence-corrected chi connectivity index (χ4v) is 2.64. The van der Waals surface area contributed by atoms with E-state index in [1.165, 1.54) is 5.56 Å². The molecule has 0 unspecified atom stereocenters. The smallest absolute Gasteiger partial charge is 0.239 e. The molecule has 2 aromatic rings. The molecule has 0 radical (unpaired) electrons. The second-order valence-corrected chi connectivity index (χ2v) is 5.63. The van der Waals surface area contributed by atoms with Crippen LogP contribution in [0.15, 0.2) is 48.5 Å². The van der Waals surface area contributed by atoms with Crippen LogP contribution >= 0.6 is 12.4 Å². The summed E-state index contributed by atoms with van der Waals surface area (Å²) in [6, 6.07) is 16.3. The summed E-state index contributed by atoms with van der Waals surface area (Å²) in [6.07, 6.45) is 0. The molecular weight excluding hydrogens is 310 g/mol. The molecule has 0 saturated carbocycles. The Morgan fingerprint density at radius 1 is 1.17 bits per heavy atom. The van der Waals surface area contributed by atoms with Gasteiger partial charge in [-0.3, -0.25) is 4.79 Å². The largest absolute Gasteiger partial charge is 0.382 e. The molecule has 1 amide bonds. The molecule has 1 aliphatic rings. The zero-order chi connectivity index (χ0) is 15.4. The van der Waals surface area contributed by atoms with Crippen LogP contribution in [0.4, 0.5) is 11.4 Å². The van der Waals surface area contributed by atoms with Gasteiger partial charge in [0.05, 0.1) is 17.9 Å². The van der Waals surface area contributed by atoms with Crippen LogP contribution in [0.3, 0.4) is 0 Å². The van der Waals surface area contributed by atoms with Gasteiger partial charge in [-0.1, -0.05) is 42.0 Å². The lowest BCUT2D eigenvalue weighted by Gasteiger charge is -2.31. The van der Waals surface area contributed by atoms with Gasteiger partial charge >= 0.3 is 0 Å². The number of carbonyl (C=O) groups is 1. The van der Waals surface area contributed by atoms with Crippen LogP contribution in [-0.2, 0) is 11.3 Å². The van der Waals surface area contributed by atoms with Crippen molar-refractivity contribution in [2.45, 2.75) is 13.5 Å². The van der Waals surface area contributed by atoms with Crippen LogP contribution in [-0.4, -0.2) is 25.5 Å². The van der Waals surface area contributed by atoms with E-state index < -0.39 is 0 Å². The van der Waals surface area contributed by atoms with Gasteiger partial charge in [0.25, 0.3) is 0 Å². The fraction of sp³-hybridized carbons (Fsp3) is 0.278. The van der Waals surface area contributed by atoms with E-state index in [-0.39, 0.29) is 18.3 Å². The first kappa shape index (κ1) is 17.2. The van der Waals surface area contributed by atoms with Crippen LogP contribution in [0, 0.1) is 6.92 Å². The topological polar surface area (TPSA) is 44.4 Å². The number of fused-ring (bicyclic) bond motifs is 1. The minimum atomic E-state index is 0. The highest BCUT2D eigenvalue weighted by Gasteiger charge is 2.17. The summed E-state index contributed by atoms with van der Waals surface area (Å²) >= 11 is 0. The van der Waals surface area contributed by atoms with Crippen molar-refractivity contribution < 1.29 is 4.79 Å². The van der Waals surface area contributed by atoms with Gasteiger partial charge in [0, 0.05) is 19.6 Å². The van der Waals surface area contributed by atoms with E-state index in [0.29, 0.717) is 13.1 Å². The van der Waals surface area contributed by atoms with Gasteiger partial charge < -0.3 is 15.5 Å². The lowest BCUT2D eigenvalue weighted by atomic mass is 10.1. The van der Waals surface area contributed by atoms with Crippen molar-refractivity contribution in [2.75, 3.05) is 29.9 Å². The number of aryl methyl sites for hydroxylation is 1. The summed E-state index contributed by atoms with van der Waals surface area (Å²) in [5, 5.41) is 6.35. The van der Waals surface area contributed by atoms with E-state index in [4.69, 9.17) is 0 Å². The lowest BCUT2D eigenvalue weighted by Crippen LogP contribution is -2.41. The van der Waals surface area contributed by atoms with Crippen molar-refractivity contribution in [3.8, 4) is 0 Å². The molecule has 5 heteroatoms. The Hall–Kier alpha value is -2.20. The third-order valence-electron chi connectivity index (χ3n) is 3.89. The van der Waals surface area contributed by atoms with Crippen molar-refractivity contribution in [1.29, 1.82) is 0 Å².